The summed E-state index contributed by atoms with van der Waals surface area (Å²) in [6, 6.07) is 9.12. The Labute approximate surface area is 135 Å². The zero-order valence-electron chi connectivity index (χ0n) is 11.8. The number of aromatic nitrogens is 3. The summed E-state index contributed by atoms with van der Waals surface area (Å²) < 4.78 is 25.9. The van der Waals surface area contributed by atoms with Crippen LogP contribution < -0.4 is 10.1 Å². The van der Waals surface area contributed by atoms with Gasteiger partial charge in [-0.05, 0) is 29.8 Å². The van der Waals surface area contributed by atoms with E-state index in [1.165, 1.54) is 30.5 Å². The molecule has 8 heteroatoms. The van der Waals surface area contributed by atoms with Crippen LogP contribution in [0.1, 0.15) is 16.1 Å². The monoisotopic (exact) mass is 330 g/mol. The second-order valence-corrected chi connectivity index (χ2v) is 5.09. The molecule has 0 aliphatic heterocycles. The van der Waals surface area contributed by atoms with E-state index >= 15 is 0 Å². The van der Waals surface area contributed by atoms with E-state index in [2.05, 4.69) is 19.0 Å². The minimum Gasteiger partial charge on any atom is -0.439 e. The van der Waals surface area contributed by atoms with E-state index in [0.29, 0.717) is 23.9 Å². The van der Waals surface area contributed by atoms with Gasteiger partial charge in [-0.3, -0.25) is 4.79 Å². The highest BCUT2D eigenvalue weighted by Crippen LogP contribution is 2.19. The smallest absolute Gasteiger partial charge is 0.272 e. The number of ether oxygens (including phenoxy) is 1. The largest absolute Gasteiger partial charge is 0.439 e. The average Bonchev–Trinajstić information content (AvgIpc) is 3.11. The molecule has 1 amide bonds. The second kappa shape index (κ2) is 6.93. The van der Waals surface area contributed by atoms with Crippen molar-refractivity contribution < 1.29 is 13.9 Å². The van der Waals surface area contributed by atoms with Crippen molar-refractivity contribution in [1.29, 1.82) is 0 Å². The highest BCUT2D eigenvalue weighted by atomic mass is 32.1. The predicted molar refractivity (Wildman–Crippen MR) is 81.8 cm³/mol. The SMILES string of the molecule is O=C(NCc1ccc(Oc2ccc(F)cc2)nc1)c1cnsn1. The van der Waals surface area contributed by atoms with Gasteiger partial charge in [-0.2, -0.15) is 8.75 Å². The molecule has 23 heavy (non-hydrogen) atoms. The molecule has 0 fully saturated rings. The maximum atomic E-state index is 12.8. The first-order valence-corrected chi connectivity index (χ1v) is 7.38. The van der Waals surface area contributed by atoms with Crippen LogP contribution >= 0.6 is 11.7 Å². The van der Waals surface area contributed by atoms with Crippen molar-refractivity contribution in [3.8, 4) is 11.6 Å². The van der Waals surface area contributed by atoms with E-state index in [-0.39, 0.29) is 11.7 Å². The fourth-order valence-corrected chi connectivity index (χ4v) is 2.15. The number of pyridine rings is 1. The number of carbonyl (C=O) groups is 1. The van der Waals surface area contributed by atoms with E-state index < -0.39 is 0 Å². The molecule has 0 spiro atoms. The summed E-state index contributed by atoms with van der Waals surface area (Å²) in [5.41, 5.74) is 1.10. The zero-order valence-corrected chi connectivity index (χ0v) is 12.6. The minimum absolute atomic E-state index is 0.287. The Morgan fingerprint density at radius 2 is 2.00 bits per heavy atom. The Bertz CT molecular complexity index is 776. The summed E-state index contributed by atoms with van der Waals surface area (Å²) in [4.78, 5) is 15.9. The van der Waals surface area contributed by atoms with Crippen LogP contribution in [-0.4, -0.2) is 19.6 Å². The number of nitrogens with zero attached hydrogens (tertiary/aromatic N) is 3. The molecule has 3 rings (SSSR count). The molecule has 1 N–H and O–H groups in total. The highest BCUT2D eigenvalue weighted by molar-refractivity contribution is 6.99. The van der Waals surface area contributed by atoms with E-state index in [0.717, 1.165) is 17.3 Å². The van der Waals surface area contributed by atoms with Gasteiger partial charge in [0.25, 0.3) is 5.91 Å². The van der Waals surface area contributed by atoms with Crippen molar-refractivity contribution in [3.63, 3.8) is 0 Å². The van der Waals surface area contributed by atoms with Crippen LogP contribution in [0.25, 0.3) is 0 Å². The van der Waals surface area contributed by atoms with Crippen molar-refractivity contribution in [1.82, 2.24) is 19.0 Å². The summed E-state index contributed by atoms with van der Waals surface area (Å²) in [6.45, 7) is 0.320. The normalized spacial score (nSPS) is 10.3. The minimum atomic E-state index is -0.327. The van der Waals surface area contributed by atoms with Gasteiger partial charge in [0.2, 0.25) is 5.88 Å². The standard InChI is InChI=1S/C15H11FN4O2S/c16-11-2-4-12(5-3-11)22-14-6-1-10(7-17-14)8-18-15(21)13-9-19-23-20-13/h1-7,9H,8H2,(H,18,21). The van der Waals surface area contributed by atoms with E-state index in [9.17, 15) is 9.18 Å². The molecule has 0 bridgehead atoms. The number of benzene rings is 1. The summed E-state index contributed by atoms with van der Waals surface area (Å²) in [7, 11) is 0. The van der Waals surface area contributed by atoms with Crippen LogP contribution in [0.2, 0.25) is 0 Å². The predicted octanol–water partition coefficient (Wildman–Crippen LogP) is 2.79. The molecule has 0 atom stereocenters. The van der Waals surface area contributed by atoms with Crippen molar-refractivity contribution in [2.24, 2.45) is 0 Å². The van der Waals surface area contributed by atoms with Crippen LogP contribution in [0, 0.1) is 5.82 Å². The summed E-state index contributed by atoms with van der Waals surface area (Å²) in [5.74, 6) is 0.267. The number of halogens is 1. The molecular formula is C15H11FN4O2S. The molecule has 3 aromatic rings. The lowest BCUT2D eigenvalue weighted by Crippen LogP contribution is -2.23. The lowest BCUT2D eigenvalue weighted by molar-refractivity contribution is 0.0947. The van der Waals surface area contributed by atoms with Crippen LogP contribution in [0.3, 0.4) is 0 Å². The van der Waals surface area contributed by atoms with Crippen molar-refractivity contribution in [2.75, 3.05) is 0 Å². The van der Waals surface area contributed by atoms with Gasteiger partial charge < -0.3 is 10.1 Å². The van der Waals surface area contributed by atoms with E-state index in [4.69, 9.17) is 4.74 Å². The number of hydrogen-bond acceptors (Lipinski definition) is 6. The van der Waals surface area contributed by atoms with Crippen molar-refractivity contribution in [3.05, 3.63) is 65.9 Å². The summed E-state index contributed by atoms with van der Waals surface area (Å²) >= 11 is 0.980. The third kappa shape index (κ3) is 4.07. The Morgan fingerprint density at radius 3 is 2.65 bits per heavy atom. The third-order valence-electron chi connectivity index (χ3n) is 2.88. The Hall–Kier alpha value is -2.87. The first-order valence-electron chi connectivity index (χ1n) is 6.65. The fourth-order valence-electron chi connectivity index (χ4n) is 1.74. The molecule has 2 heterocycles. The summed E-state index contributed by atoms with van der Waals surface area (Å²) in [6.07, 6.45) is 3.01. The molecule has 0 aliphatic carbocycles. The first kappa shape index (κ1) is 15.0. The molecule has 0 radical (unpaired) electrons. The van der Waals surface area contributed by atoms with Crippen LogP contribution in [0.4, 0.5) is 4.39 Å². The fraction of sp³-hybridized carbons (Fsp3) is 0.0667. The molecule has 116 valence electrons. The van der Waals surface area contributed by atoms with Crippen molar-refractivity contribution in [2.45, 2.75) is 6.54 Å². The van der Waals surface area contributed by atoms with Crippen molar-refractivity contribution >= 4 is 17.6 Å². The molecular weight excluding hydrogens is 319 g/mol. The lowest BCUT2D eigenvalue weighted by atomic mass is 10.3. The van der Waals surface area contributed by atoms with Crippen LogP contribution in [-0.2, 0) is 6.54 Å². The topological polar surface area (TPSA) is 77.0 Å². The van der Waals surface area contributed by atoms with Gasteiger partial charge >= 0.3 is 0 Å². The maximum Gasteiger partial charge on any atom is 0.272 e. The van der Waals surface area contributed by atoms with Crippen LogP contribution in [0.5, 0.6) is 11.6 Å². The van der Waals surface area contributed by atoms with Gasteiger partial charge in [-0.25, -0.2) is 9.37 Å². The molecule has 0 aliphatic rings. The second-order valence-electron chi connectivity index (χ2n) is 4.54. The molecule has 0 saturated carbocycles. The summed E-state index contributed by atoms with van der Waals surface area (Å²) in [5, 5.41) is 2.72. The molecule has 0 saturated heterocycles. The number of rotatable bonds is 5. The quantitative estimate of drug-likeness (QED) is 0.778. The lowest BCUT2D eigenvalue weighted by Gasteiger charge is -2.06. The number of amides is 1. The molecule has 1 aromatic carbocycles. The van der Waals surface area contributed by atoms with E-state index in [1.54, 1.807) is 18.3 Å². The number of nitrogens with one attached hydrogen (secondary N) is 1. The van der Waals surface area contributed by atoms with Crippen LogP contribution in [0.15, 0.2) is 48.8 Å². The zero-order chi connectivity index (χ0) is 16.1. The van der Waals surface area contributed by atoms with Gasteiger partial charge in [-0.1, -0.05) is 6.07 Å². The Kier molecular flexibility index (Phi) is 4.53. The maximum absolute atomic E-state index is 12.8. The molecule has 0 unspecified atom stereocenters. The molecule has 6 nitrogen and oxygen atoms in total. The van der Waals surface area contributed by atoms with Gasteiger partial charge in [0.15, 0.2) is 5.69 Å². The first-order chi connectivity index (χ1) is 11.2. The third-order valence-corrected chi connectivity index (χ3v) is 3.36. The number of hydrogen-bond donors (Lipinski definition) is 1. The van der Waals surface area contributed by atoms with Gasteiger partial charge in [0.1, 0.15) is 11.6 Å². The van der Waals surface area contributed by atoms with Gasteiger partial charge in [-0.15, -0.1) is 0 Å². The Morgan fingerprint density at radius 1 is 1.17 bits per heavy atom. The molecule has 2 aromatic heterocycles. The Balaban J connectivity index is 1.56. The number of carbonyl (C=O) groups excluding carboxylic acids is 1. The van der Waals surface area contributed by atoms with Gasteiger partial charge in [0, 0.05) is 18.8 Å². The van der Waals surface area contributed by atoms with E-state index in [1.807, 2.05) is 0 Å². The highest BCUT2D eigenvalue weighted by Gasteiger charge is 2.08. The van der Waals surface area contributed by atoms with Gasteiger partial charge in [0.05, 0.1) is 17.9 Å². The average molecular weight is 330 g/mol.